The maximum Gasteiger partial charge on any atom is 0.305 e. The first-order valence-corrected chi connectivity index (χ1v) is 12.0. The third kappa shape index (κ3) is 5.10. The summed E-state index contributed by atoms with van der Waals surface area (Å²) in [5, 5.41) is 16.4. The van der Waals surface area contributed by atoms with Crippen LogP contribution in [0.4, 0.5) is 5.69 Å². The summed E-state index contributed by atoms with van der Waals surface area (Å²) in [5.74, 6) is -0.644. The second-order valence-corrected chi connectivity index (χ2v) is 9.55. The number of carbonyl (C=O) groups excluding carboxylic acids is 1. The van der Waals surface area contributed by atoms with E-state index in [1.54, 1.807) is 6.07 Å². The van der Waals surface area contributed by atoms with Crippen LogP contribution in [0.1, 0.15) is 65.4 Å². The van der Waals surface area contributed by atoms with Gasteiger partial charge in [-0.3, -0.25) is 14.6 Å². The van der Waals surface area contributed by atoms with Gasteiger partial charge in [0.2, 0.25) is 0 Å². The van der Waals surface area contributed by atoms with Gasteiger partial charge >= 0.3 is 5.97 Å². The van der Waals surface area contributed by atoms with Crippen LogP contribution in [-0.2, 0) is 4.79 Å². The van der Waals surface area contributed by atoms with Crippen LogP contribution in [0.25, 0.3) is 10.1 Å². The summed E-state index contributed by atoms with van der Waals surface area (Å²) in [6.45, 7) is 2.30. The molecule has 3 aromatic rings. The number of benzene rings is 1. The molecule has 0 radical (unpaired) electrons. The minimum atomic E-state index is -0.926. The molecule has 4 rings (SSSR count). The van der Waals surface area contributed by atoms with Gasteiger partial charge in [0.25, 0.3) is 5.91 Å². The molecule has 0 bridgehead atoms. The van der Waals surface area contributed by atoms with E-state index in [0.29, 0.717) is 11.5 Å². The van der Waals surface area contributed by atoms with E-state index in [1.807, 2.05) is 41.9 Å². The van der Waals surface area contributed by atoms with E-state index in [-0.39, 0.29) is 24.9 Å². The molecule has 2 heterocycles. The minimum absolute atomic E-state index is 0.0898. The number of thiophene rings is 1. The van der Waals surface area contributed by atoms with Gasteiger partial charge in [-0.2, -0.15) is 0 Å². The Hall–Kier alpha value is -2.93. The number of rotatable bonds is 8. The van der Waals surface area contributed by atoms with Crippen LogP contribution in [-0.4, -0.2) is 28.5 Å². The van der Waals surface area contributed by atoms with Gasteiger partial charge in [-0.15, -0.1) is 11.3 Å². The number of aliphatic carboxylic acids is 1. The summed E-state index contributed by atoms with van der Waals surface area (Å²) in [6, 6.07) is 9.74. The van der Waals surface area contributed by atoms with E-state index in [1.165, 1.54) is 52.6 Å². The molecule has 0 spiro atoms. The molecule has 1 aliphatic carbocycles. The number of nitrogens with one attached hydrogen (secondary N) is 2. The maximum atomic E-state index is 12.5. The van der Waals surface area contributed by atoms with Gasteiger partial charge in [0.15, 0.2) is 0 Å². The van der Waals surface area contributed by atoms with Crippen molar-refractivity contribution >= 4 is 39.0 Å². The van der Waals surface area contributed by atoms with Crippen molar-refractivity contribution in [3.63, 3.8) is 0 Å². The molecule has 0 aliphatic heterocycles. The summed E-state index contributed by atoms with van der Waals surface area (Å²) < 4.78 is 1.25. The standard InChI is InChI=1S/C25H29N3O3S/c1-16-20-15-26-12-10-21(20)32-24(16)23(17-6-3-2-4-7-17)28-19-9-5-8-18(14-19)25(31)27-13-11-22(29)30/h5,8-10,12,14-15,17,23,28H,2-4,6-7,11,13H2,1H3,(H,27,31)(H,29,30). The molecule has 1 unspecified atom stereocenters. The lowest BCUT2D eigenvalue weighted by Gasteiger charge is -2.32. The van der Waals surface area contributed by atoms with Crippen LogP contribution >= 0.6 is 11.3 Å². The van der Waals surface area contributed by atoms with Gasteiger partial charge in [0, 0.05) is 45.2 Å². The van der Waals surface area contributed by atoms with Gasteiger partial charge in [-0.25, -0.2) is 0 Å². The monoisotopic (exact) mass is 451 g/mol. The van der Waals surface area contributed by atoms with E-state index in [0.717, 1.165) is 5.69 Å². The Morgan fingerprint density at radius 2 is 2.03 bits per heavy atom. The van der Waals surface area contributed by atoms with Crippen molar-refractivity contribution in [2.75, 3.05) is 11.9 Å². The molecule has 1 aromatic carbocycles. The zero-order valence-electron chi connectivity index (χ0n) is 18.3. The zero-order valence-corrected chi connectivity index (χ0v) is 19.1. The fourth-order valence-corrected chi connectivity index (χ4v) is 5.88. The number of aromatic nitrogens is 1. The molecule has 6 nitrogen and oxygen atoms in total. The predicted molar refractivity (Wildman–Crippen MR) is 128 cm³/mol. The number of fused-ring (bicyclic) bond motifs is 1. The fraction of sp³-hybridized carbons (Fsp3) is 0.400. The average molecular weight is 452 g/mol. The van der Waals surface area contributed by atoms with Gasteiger partial charge in [-0.1, -0.05) is 25.3 Å². The highest BCUT2D eigenvalue weighted by Gasteiger charge is 2.28. The van der Waals surface area contributed by atoms with E-state index in [4.69, 9.17) is 5.11 Å². The summed E-state index contributed by atoms with van der Waals surface area (Å²) in [7, 11) is 0. The summed E-state index contributed by atoms with van der Waals surface area (Å²) in [4.78, 5) is 28.8. The average Bonchev–Trinajstić information content (AvgIpc) is 3.14. The summed E-state index contributed by atoms with van der Waals surface area (Å²) in [6.07, 6.45) is 9.89. The van der Waals surface area contributed by atoms with Crippen molar-refractivity contribution in [3.05, 3.63) is 58.7 Å². The summed E-state index contributed by atoms with van der Waals surface area (Å²) in [5.41, 5.74) is 2.71. The van der Waals surface area contributed by atoms with Crippen LogP contribution in [0.2, 0.25) is 0 Å². The molecule has 2 aromatic heterocycles. The number of hydrogen-bond donors (Lipinski definition) is 3. The zero-order chi connectivity index (χ0) is 22.5. The second kappa shape index (κ2) is 10.1. The van der Waals surface area contributed by atoms with Gasteiger partial charge in [-0.05, 0) is 55.5 Å². The number of hydrogen-bond acceptors (Lipinski definition) is 5. The number of carboxylic acid groups (broad SMARTS) is 1. The smallest absolute Gasteiger partial charge is 0.305 e. The Bertz CT molecular complexity index is 1100. The number of pyridine rings is 1. The topological polar surface area (TPSA) is 91.3 Å². The molecule has 1 amide bonds. The Morgan fingerprint density at radius 1 is 1.22 bits per heavy atom. The lowest BCUT2D eigenvalue weighted by molar-refractivity contribution is -0.136. The number of carboxylic acids is 1. The largest absolute Gasteiger partial charge is 0.481 e. The van der Waals surface area contributed by atoms with Crippen LogP contribution in [0.5, 0.6) is 0 Å². The molecule has 1 aliphatic rings. The van der Waals surface area contributed by atoms with E-state index in [9.17, 15) is 9.59 Å². The Labute approximate surface area is 192 Å². The molecular formula is C25H29N3O3S. The maximum absolute atomic E-state index is 12.5. The van der Waals surface area contributed by atoms with Gasteiger partial charge in [0.05, 0.1) is 12.5 Å². The van der Waals surface area contributed by atoms with E-state index < -0.39 is 5.97 Å². The van der Waals surface area contributed by atoms with E-state index >= 15 is 0 Å². The Morgan fingerprint density at radius 3 is 2.78 bits per heavy atom. The lowest BCUT2D eigenvalue weighted by Crippen LogP contribution is -2.26. The van der Waals surface area contributed by atoms with Crippen molar-refractivity contribution in [1.29, 1.82) is 0 Å². The second-order valence-electron chi connectivity index (χ2n) is 8.46. The molecule has 3 N–H and O–H groups in total. The third-order valence-corrected chi connectivity index (χ3v) is 7.61. The van der Waals surface area contributed by atoms with Crippen molar-refractivity contribution in [2.45, 2.75) is 51.5 Å². The van der Waals surface area contributed by atoms with Gasteiger partial charge in [0.1, 0.15) is 0 Å². The van der Waals surface area contributed by atoms with Crippen molar-refractivity contribution < 1.29 is 14.7 Å². The predicted octanol–water partition coefficient (Wildman–Crippen LogP) is 5.54. The van der Waals surface area contributed by atoms with Crippen LogP contribution in [0.3, 0.4) is 0 Å². The number of anilines is 1. The molecule has 32 heavy (non-hydrogen) atoms. The molecule has 0 saturated heterocycles. The van der Waals surface area contributed by atoms with Crippen molar-refractivity contribution in [2.24, 2.45) is 5.92 Å². The first-order chi connectivity index (χ1) is 15.5. The highest BCUT2D eigenvalue weighted by molar-refractivity contribution is 7.19. The molecule has 7 heteroatoms. The summed E-state index contributed by atoms with van der Waals surface area (Å²) >= 11 is 1.83. The molecular weight excluding hydrogens is 422 g/mol. The number of aryl methyl sites for hydroxylation is 1. The van der Waals surface area contributed by atoms with Crippen LogP contribution < -0.4 is 10.6 Å². The molecule has 1 fully saturated rings. The quantitative estimate of drug-likeness (QED) is 0.418. The van der Waals surface area contributed by atoms with Crippen LogP contribution in [0.15, 0.2) is 42.7 Å². The van der Waals surface area contributed by atoms with Crippen LogP contribution in [0, 0.1) is 12.8 Å². The molecule has 1 atom stereocenters. The number of amides is 1. The first kappa shape index (κ1) is 22.3. The SMILES string of the molecule is Cc1c(C(Nc2cccc(C(=O)NCCC(=O)O)c2)C2CCCCC2)sc2ccncc12. The highest BCUT2D eigenvalue weighted by Crippen LogP contribution is 2.43. The Balaban J connectivity index is 1.59. The first-order valence-electron chi connectivity index (χ1n) is 11.2. The van der Waals surface area contributed by atoms with Crippen molar-refractivity contribution in [3.8, 4) is 0 Å². The highest BCUT2D eigenvalue weighted by atomic mass is 32.1. The van der Waals surface area contributed by atoms with Gasteiger partial charge < -0.3 is 15.7 Å². The number of nitrogens with zero attached hydrogens (tertiary/aromatic N) is 1. The normalized spacial score (nSPS) is 15.4. The minimum Gasteiger partial charge on any atom is -0.481 e. The van der Waals surface area contributed by atoms with E-state index in [2.05, 4.69) is 28.6 Å². The third-order valence-electron chi connectivity index (χ3n) is 6.25. The lowest BCUT2D eigenvalue weighted by atomic mass is 9.82. The van der Waals surface area contributed by atoms with Crippen molar-refractivity contribution in [1.82, 2.24) is 10.3 Å². The number of carbonyl (C=O) groups is 2. The molecule has 1 saturated carbocycles. The Kier molecular flexibility index (Phi) is 7.05. The fourth-order valence-electron chi connectivity index (χ4n) is 4.56. The molecule has 168 valence electrons.